The van der Waals surface area contributed by atoms with Crippen molar-refractivity contribution in [3.05, 3.63) is 63.7 Å². The van der Waals surface area contributed by atoms with Crippen LogP contribution in [0.4, 0.5) is 0 Å². The first-order chi connectivity index (χ1) is 14.3. The molecule has 1 fully saturated rings. The summed E-state index contributed by atoms with van der Waals surface area (Å²) in [5.74, 6) is -1.17. The first kappa shape index (κ1) is 19.0. The van der Waals surface area contributed by atoms with Crippen molar-refractivity contribution < 1.29 is 9.59 Å². The Bertz CT molecular complexity index is 1340. The molecule has 0 N–H and O–H groups in total. The zero-order valence-corrected chi connectivity index (χ0v) is 16.7. The summed E-state index contributed by atoms with van der Waals surface area (Å²) in [6, 6.07) is 14.0. The molecule has 7 nitrogen and oxygen atoms in total. The minimum atomic E-state index is -0.583. The average Bonchev–Trinajstić information content (AvgIpc) is 3.09. The SMILES string of the molecule is CN1C(=O)C(=C2c3cc(C#N)ccc3-c3c(C#N)cc(C#N)cc32)C(=O)N(C)C1=S. The number of nitrogens with zero attached hydrogens (tertiary/aromatic N) is 5. The number of hydrogen-bond donors (Lipinski definition) is 0. The Morgan fingerprint density at radius 2 is 1.37 bits per heavy atom. The molecule has 1 saturated heterocycles. The molecule has 30 heavy (non-hydrogen) atoms. The number of benzene rings is 2. The van der Waals surface area contributed by atoms with Crippen molar-refractivity contribution >= 4 is 34.7 Å². The van der Waals surface area contributed by atoms with E-state index in [1.807, 2.05) is 6.07 Å². The molecule has 0 spiro atoms. The van der Waals surface area contributed by atoms with E-state index in [1.54, 1.807) is 24.3 Å². The largest absolute Gasteiger partial charge is 0.288 e. The first-order valence-corrected chi connectivity index (χ1v) is 9.12. The van der Waals surface area contributed by atoms with E-state index in [-0.39, 0.29) is 21.8 Å². The first-order valence-electron chi connectivity index (χ1n) is 8.71. The average molecular weight is 409 g/mol. The van der Waals surface area contributed by atoms with Crippen LogP contribution in [0.15, 0.2) is 35.9 Å². The predicted octanol–water partition coefficient (Wildman–Crippen LogP) is 2.30. The zero-order valence-electron chi connectivity index (χ0n) is 15.8. The van der Waals surface area contributed by atoms with Gasteiger partial charge < -0.3 is 0 Å². The standard InChI is InChI=1S/C22H11N5O2S/c1-26-20(28)19(21(29)27(2)22(26)30)18-15-6-11(8-23)3-4-14(15)17-13(10-25)5-12(9-24)7-16(17)18/h3-7H,1-2H3. The van der Waals surface area contributed by atoms with Gasteiger partial charge >= 0.3 is 0 Å². The highest BCUT2D eigenvalue weighted by Gasteiger charge is 2.41. The lowest BCUT2D eigenvalue weighted by Crippen LogP contribution is -2.53. The number of hydrogen-bond acceptors (Lipinski definition) is 6. The van der Waals surface area contributed by atoms with Gasteiger partial charge in [0.05, 0.1) is 34.9 Å². The maximum absolute atomic E-state index is 13.1. The number of amides is 2. The Hall–Kier alpha value is -4.32. The van der Waals surface area contributed by atoms with E-state index in [0.29, 0.717) is 33.4 Å². The molecular formula is C22H11N5O2S. The third-order valence-electron chi connectivity index (χ3n) is 5.21. The van der Waals surface area contributed by atoms with Gasteiger partial charge in [0.1, 0.15) is 5.57 Å². The molecule has 142 valence electrons. The lowest BCUT2D eigenvalue weighted by molar-refractivity contribution is -0.132. The van der Waals surface area contributed by atoms with Crippen LogP contribution in [-0.4, -0.2) is 40.8 Å². The van der Waals surface area contributed by atoms with Crippen molar-refractivity contribution in [2.75, 3.05) is 14.1 Å². The van der Waals surface area contributed by atoms with Crippen molar-refractivity contribution in [2.24, 2.45) is 0 Å². The second-order valence-electron chi connectivity index (χ2n) is 6.80. The van der Waals surface area contributed by atoms with E-state index in [0.717, 1.165) is 0 Å². The van der Waals surface area contributed by atoms with Gasteiger partial charge in [0.15, 0.2) is 5.11 Å². The molecule has 2 aliphatic rings. The fourth-order valence-corrected chi connectivity index (χ4v) is 3.94. The third kappa shape index (κ3) is 2.44. The number of thiocarbonyl (C=S) groups is 1. The Balaban J connectivity index is 2.19. The van der Waals surface area contributed by atoms with Gasteiger partial charge in [-0.2, -0.15) is 15.8 Å². The summed E-state index contributed by atoms with van der Waals surface area (Å²) in [5, 5.41) is 28.5. The van der Waals surface area contributed by atoms with Crippen molar-refractivity contribution in [3.63, 3.8) is 0 Å². The van der Waals surface area contributed by atoms with E-state index in [1.165, 1.54) is 30.0 Å². The van der Waals surface area contributed by atoms with Gasteiger partial charge in [-0.15, -0.1) is 0 Å². The van der Waals surface area contributed by atoms with Gasteiger partial charge in [0.25, 0.3) is 11.8 Å². The van der Waals surface area contributed by atoms with E-state index in [4.69, 9.17) is 12.2 Å². The lowest BCUT2D eigenvalue weighted by atomic mass is 9.93. The minimum absolute atomic E-state index is 0.0714. The molecule has 4 rings (SSSR count). The Morgan fingerprint density at radius 1 is 0.767 bits per heavy atom. The van der Waals surface area contributed by atoms with Gasteiger partial charge in [-0.3, -0.25) is 19.4 Å². The van der Waals surface area contributed by atoms with Crippen LogP contribution in [0.1, 0.15) is 27.8 Å². The van der Waals surface area contributed by atoms with Crippen LogP contribution in [0, 0.1) is 34.0 Å². The summed E-state index contributed by atoms with van der Waals surface area (Å²) in [6.45, 7) is 0. The van der Waals surface area contributed by atoms with E-state index >= 15 is 0 Å². The van der Waals surface area contributed by atoms with Crippen LogP contribution in [-0.2, 0) is 9.59 Å². The van der Waals surface area contributed by atoms with Crippen LogP contribution in [0.2, 0.25) is 0 Å². The number of fused-ring (bicyclic) bond motifs is 3. The topological polar surface area (TPSA) is 112 Å². The second-order valence-corrected chi connectivity index (χ2v) is 7.17. The molecule has 0 atom stereocenters. The van der Waals surface area contributed by atoms with Crippen LogP contribution in [0.3, 0.4) is 0 Å². The highest BCUT2D eigenvalue weighted by molar-refractivity contribution is 7.80. The normalized spacial score (nSPS) is 14.8. The highest BCUT2D eigenvalue weighted by atomic mass is 32.1. The van der Waals surface area contributed by atoms with Crippen LogP contribution < -0.4 is 0 Å². The van der Waals surface area contributed by atoms with Gasteiger partial charge in [0.2, 0.25) is 0 Å². The molecule has 0 radical (unpaired) electrons. The molecule has 1 heterocycles. The maximum Gasteiger partial charge on any atom is 0.266 e. The van der Waals surface area contributed by atoms with Crippen molar-refractivity contribution in [2.45, 2.75) is 0 Å². The van der Waals surface area contributed by atoms with Gasteiger partial charge in [-0.05, 0) is 53.2 Å². The summed E-state index contributed by atoms with van der Waals surface area (Å²) in [4.78, 5) is 28.6. The number of likely N-dealkylation sites (N-methyl/N-ethyl adjacent to an activating group) is 2. The minimum Gasteiger partial charge on any atom is -0.288 e. The Labute approximate surface area is 177 Å². The molecule has 0 saturated carbocycles. The summed E-state index contributed by atoms with van der Waals surface area (Å²) >= 11 is 5.17. The third-order valence-corrected chi connectivity index (χ3v) is 5.75. The van der Waals surface area contributed by atoms with Crippen LogP contribution >= 0.6 is 12.2 Å². The molecule has 0 aromatic heterocycles. The molecular weight excluding hydrogens is 398 g/mol. The number of rotatable bonds is 0. The zero-order chi connectivity index (χ0) is 21.7. The molecule has 1 aliphatic carbocycles. The molecule has 2 amide bonds. The summed E-state index contributed by atoms with van der Waals surface area (Å²) in [7, 11) is 2.95. The van der Waals surface area contributed by atoms with Gasteiger partial charge in [-0.25, -0.2) is 0 Å². The molecule has 2 aromatic rings. The highest BCUT2D eigenvalue weighted by Crippen LogP contribution is 2.48. The van der Waals surface area contributed by atoms with Crippen molar-refractivity contribution in [1.82, 2.24) is 9.80 Å². The van der Waals surface area contributed by atoms with Crippen LogP contribution in [0.25, 0.3) is 16.7 Å². The van der Waals surface area contributed by atoms with E-state index < -0.39 is 11.8 Å². The quantitative estimate of drug-likeness (QED) is 0.320. The maximum atomic E-state index is 13.1. The molecule has 2 aromatic carbocycles. The summed E-state index contributed by atoms with van der Waals surface area (Å²) in [5.41, 5.74) is 3.05. The van der Waals surface area contributed by atoms with E-state index in [2.05, 4.69) is 12.1 Å². The van der Waals surface area contributed by atoms with Gasteiger partial charge in [-0.1, -0.05) is 6.07 Å². The number of carbonyl (C=O) groups is 2. The van der Waals surface area contributed by atoms with E-state index in [9.17, 15) is 25.4 Å². The fourth-order valence-electron chi connectivity index (χ4n) is 3.77. The molecule has 0 unspecified atom stereocenters. The van der Waals surface area contributed by atoms with Crippen molar-refractivity contribution in [1.29, 1.82) is 15.8 Å². The monoisotopic (exact) mass is 409 g/mol. The fraction of sp³-hybridized carbons (Fsp3) is 0.0909. The van der Waals surface area contributed by atoms with Gasteiger partial charge in [0, 0.05) is 25.2 Å². The molecule has 1 aliphatic heterocycles. The molecule has 8 heteroatoms. The molecule has 0 bridgehead atoms. The lowest BCUT2D eigenvalue weighted by Gasteiger charge is -2.32. The number of carbonyl (C=O) groups excluding carboxylic acids is 2. The van der Waals surface area contributed by atoms with Crippen LogP contribution in [0.5, 0.6) is 0 Å². The summed E-state index contributed by atoms with van der Waals surface area (Å²) < 4.78 is 0. The number of nitriles is 3. The Kier molecular flexibility index (Phi) is 4.20. The Morgan fingerprint density at radius 3 is 1.93 bits per heavy atom. The smallest absolute Gasteiger partial charge is 0.266 e. The predicted molar refractivity (Wildman–Crippen MR) is 110 cm³/mol. The summed E-state index contributed by atoms with van der Waals surface area (Å²) in [6.07, 6.45) is 0. The van der Waals surface area contributed by atoms with Crippen molar-refractivity contribution in [3.8, 4) is 29.3 Å². The second kappa shape index (κ2) is 6.63.